The van der Waals surface area contributed by atoms with Gasteiger partial charge in [0.1, 0.15) is 6.61 Å². The molecular formula is C16H16BrNO2. The Hall–Kier alpha value is -1.81. The fraction of sp³-hybridized carbons (Fsp3) is 0.188. The van der Waals surface area contributed by atoms with E-state index in [9.17, 15) is 4.79 Å². The van der Waals surface area contributed by atoms with Gasteiger partial charge in [0.15, 0.2) is 0 Å². The Morgan fingerprint density at radius 2 is 1.95 bits per heavy atom. The summed E-state index contributed by atoms with van der Waals surface area (Å²) >= 11 is 3.38. The third-order valence-corrected chi connectivity index (χ3v) is 3.44. The molecule has 0 spiro atoms. The van der Waals surface area contributed by atoms with Crippen molar-refractivity contribution in [3.8, 4) is 0 Å². The molecule has 0 saturated heterocycles. The zero-order valence-corrected chi connectivity index (χ0v) is 12.6. The molecule has 0 aromatic heterocycles. The fourth-order valence-corrected chi connectivity index (χ4v) is 2.31. The minimum atomic E-state index is -0.215. The minimum absolute atomic E-state index is 0.215. The van der Waals surface area contributed by atoms with E-state index in [0.717, 1.165) is 15.6 Å². The lowest BCUT2D eigenvalue weighted by atomic mass is 10.1. The highest BCUT2D eigenvalue weighted by atomic mass is 79.9. The molecule has 2 rings (SSSR count). The summed E-state index contributed by atoms with van der Waals surface area (Å²) in [7, 11) is 0. The van der Waals surface area contributed by atoms with Crippen molar-refractivity contribution >= 4 is 27.6 Å². The number of rotatable bonds is 5. The van der Waals surface area contributed by atoms with Gasteiger partial charge in [-0.05, 0) is 35.7 Å². The summed E-state index contributed by atoms with van der Waals surface area (Å²) in [5.41, 5.74) is 8.49. The molecule has 4 heteroatoms. The van der Waals surface area contributed by atoms with E-state index in [-0.39, 0.29) is 5.97 Å². The third-order valence-electron chi connectivity index (χ3n) is 2.94. The molecule has 104 valence electrons. The van der Waals surface area contributed by atoms with E-state index in [0.29, 0.717) is 25.1 Å². The highest BCUT2D eigenvalue weighted by Crippen LogP contribution is 2.14. The summed E-state index contributed by atoms with van der Waals surface area (Å²) in [6.45, 7) is 0.294. The summed E-state index contributed by atoms with van der Waals surface area (Å²) in [5.74, 6) is -0.215. The van der Waals surface area contributed by atoms with Crippen molar-refractivity contribution in [1.29, 1.82) is 0 Å². The molecule has 0 aliphatic carbocycles. The van der Waals surface area contributed by atoms with Crippen LogP contribution in [0.4, 0.5) is 5.69 Å². The molecular weight excluding hydrogens is 318 g/mol. The van der Waals surface area contributed by atoms with E-state index in [4.69, 9.17) is 10.5 Å². The maximum atomic E-state index is 11.7. The predicted molar refractivity (Wildman–Crippen MR) is 83.1 cm³/mol. The molecule has 0 saturated carbocycles. The number of ether oxygens (including phenoxy) is 1. The lowest BCUT2D eigenvalue weighted by Gasteiger charge is -2.07. The highest BCUT2D eigenvalue weighted by molar-refractivity contribution is 9.10. The average molecular weight is 334 g/mol. The normalized spacial score (nSPS) is 10.2. The Morgan fingerprint density at radius 1 is 1.15 bits per heavy atom. The number of nitrogen functional groups attached to an aromatic ring is 1. The number of anilines is 1. The van der Waals surface area contributed by atoms with Crippen LogP contribution in [0.5, 0.6) is 0 Å². The Kier molecular flexibility index (Phi) is 5.18. The van der Waals surface area contributed by atoms with Crippen molar-refractivity contribution in [2.45, 2.75) is 19.4 Å². The molecule has 3 nitrogen and oxygen atoms in total. The third kappa shape index (κ3) is 4.38. The van der Waals surface area contributed by atoms with Crippen molar-refractivity contribution in [3.05, 3.63) is 64.1 Å². The van der Waals surface area contributed by atoms with Crippen molar-refractivity contribution in [2.75, 3.05) is 5.73 Å². The zero-order chi connectivity index (χ0) is 14.4. The van der Waals surface area contributed by atoms with E-state index < -0.39 is 0 Å². The Morgan fingerprint density at radius 3 is 2.70 bits per heavy atom. The minimum Gasteiger partial charge on any atom is -0.461 e. The van der Waals surface area contributed by atoms with E-state index >= 15 is 0 Å². The van der Waals surface area contributed by atoms with E-state index in [2.05, 4.69) is 15.9 Å². The summed E-state index contributed by atoms with van der Waals surface area (Å²) in [6.07, 6.45) is 0.937. The van der Waals surface area contributed by atoms with Crippen LogP contribution in [0, 0.1) is 0 Å². The van der Waals surface area contributed by atoms with E-state index in [1.54, 1.807) is 0 Å². The summed E-state index contributed by atoms with van der Waals surface area (Å²) < 4.78 is 6.22. The first-order valence-corrected chi connectivity index (χ1v) is 7.18. The van der Waals surface area contributed by atoms with Gasteiger partial charge in [0.25, 0.3) is 0 Å². The molecule has 0 radical (unpaired) electrons. The molecule has 0 fully saturated rings. The van der Waals surface area contributed by atoms with Crippen LogP contribution in [0.15, 0.2) is 53.0 Å². The van der Waals surface area contributed by atoms with E-state index in [1.165, 1.54) is 0 Å². The Balaban J connectivity index is 1.80. The van der Waals surface area contributed by atoms with Crippen LogP contribution in [0.1, 0.15) is 17.5 Å². The van der Waals surface area contributed by atoms with Crippen molar-refractivity contribution in [1.82, 2.24) is 0 Å². The van der Waals surface area contributed by atoms with Crippen LogP contribution in [0.2, 0.25) is 0 Å². The number of halogens is 1. The monoisotopic (exact) mass is 333 g/mol. The van der Waals surface area contributed by atoms with Crippen LogP contribution in [-0.4, -0.2) is 5.97 Å². The highest BCUT2D eigenvalue weighted by Gasteiger charge is 2.06. The maximum Gasteiger partial charge on any atom is 0.306 e. The van der Waals surface area contributed by atoms with Gasteiger partial charge >= 0.3 is 5.97 Å². The van der Waals surface area contributed by atoms with Gasteiger partial charge in [-0.3, -0.25) is 4.79 Å². The van der Waals surface area contributed by atoms with Crippen LogP contribution >= 0.6 is 15.9 Å². The number of nitrogens with two attached hydrogens (primary N) is 1. The molecule has 0 bridgehead atoms. The van der Waals surface area contributed by atoms with Crippen LogP contribution < -0.4 is 5.73 Å². The van der Waals surface area contributed by atoms with Crippen molar-refractivity contribution < 1.29 is 9.53 Å². The van der Waals surface area contributed by atoms with Gasteiger partial charge in [-0.1, -0.05) is 46.3 Å². The van der Waals surface area contributed by atoms with Gasteiger partial charge in [-0.15, -0.1) is 0 Å². The molecule has 0 aliphatic heterocycles. The second kappa shape index (κ2) is 7.10. The molecule has 0 unspecified atom stereocenters. The number of para-hydroxylation sites is 1. The van der Waals surface area contributed by atoms with Crippen LogP contribution in [-0.2, 0) is 22.6 Å². The number of hydrogen-bond donors (Lipinski definition) is 1. The molecule has 2 aromatic carbocycles. The number of hydrogen-bond acceptors (Lipinski definition) is 3. The zero-order valence-electron chi connectivity index (χ0n) is 11.0. The van der Waals surface area contributed by atoms with Gasteiger partial charge < -0.3 is 10.5 Å². The summed E-state index contributed by atoms with van der Waals surface area (Å²) in [5, 5.41) is 0. The molecule has 2 aromatic rings. The summed E-state index contributed by atoms with van der Waals surface area (Å²) in [6, 6.07) is 15.3. The van der Waals surface area contributed by atoms with Gasteiger partial charge in [-0.2, -0.15) is 0 Å². The SMILES string of the molecule is Nc1ccccc1CCC(=O)OCc1cccc(Br)c1. The number of carbonyl (C=O) groups excluding carboxylic acids is 1. The van der Waals surface area contributed by atoms with Crippen LogP contribution in [0.25, 0.3) is 0 Å². The second-order valence-electron chi connectivity index (χ2n) is 4.49. The fourth-order valence-electron chi connectivity index (χ4n) is 1.86. The molecule has 2 N–H and O–H groups in total. The Bertz CT molecular complexity index is 599. The molecule has 0 heterocycles. The van der Waals surface area contributed by atoms with Crippen molar-refractivity contribution in [2.24, 2.45) is 0 Å². The first-order chi connectivity index (χ1) is 9.65. The molecule has 0 atom stereocenters. The number of carbonyl (C=O) groups is 1. The Labute approximate surface area is 126 Å². The smallest absolute Gasteiger partial charge is 0.306 e. The largest absolute Gasteiger partial charge is 0.461 e. The van der Waals surface area contributed by atoms with Crippen molar-refractivity contribution in [3.63, 3.8) is 0 Å². The average Bonchev–Trinajstić information content (AvgIpc) is 2.44. The summed E-state index contributed by atoms with van der Waals surface area (Å²) in [4.78, 5) is 11.7. The van der Waals surface area contributed by atoms with E-state index in [1.807, 2.05) is 48.5 Å². The number of benzene rings is 2. The van der Waals surface area contributed by atoms with Gasteiger partial charge in [0.05, 0.1) is 0 Å². The topological polar surface area (TPSA) is 52.3 Å². The lowest BCUT2D eigenvalue weighted by molar-refractivity contribution is -0.144. The van der Waals surface area contributed by atoms with Gasteiger partial charge in [-0.25, -0.2) is 0 Å². The van der Waals surface area contributed by atoms with Crippen LogP contribution in [0.3, 0.4) is 0 Å². The standard InChI is InChI=1S/C16H16BrNO2/c17-14-6-3-4-12(10-14)11-20-16(19)9-8-13-5-1-2-7-15(13)18/h1-7,10H,8-9,11,18H2. The second-order valence-corrected chi connectivity index (χ2v) is 5.41. The van der Waals surface area contributed by atoms with Gasteiger partial charge in [0.2, 0.25) is 0 Å². The molecule has 0 amide bonds. The quantitative estimate of drug-likeness (QED) is 0.670. The van der Waals surface area contributed by atoms with Gasteiger partial charge in [0, 0.05) is 16.6 Å². The molecule has 20 heavy (non-hydrogen) atoms. The molecule has 0 aliphatic rings. The first-order valence-electron chi connectivity index (χ1n) is 6.38. The predicted octanol–water partition coefficient (Wildman–Crippen LogP) is 3.71. The maximum absolute atomic E-state index is 11.7. The first kappa shape index (κ1) is 14.6. The lowest BCUT2D eigenvalue weighted by Crippen LogP contribution is -2.06. The number of aryl methyl sites for hydroxylation is 1. The number of esters is 1.